The molecule has 5 heteroatoms. The average Bonchev–Trinajstić information content (AvgIpc) is 2.61. The molecule has 1 saturated carbocycles. The average molecular weight is 240 g/mol. The number of aliphatic hydroxyl groups is 1. The number of imide groups is 1. The van der Waals surface area contributed by atoms with Gasteiger partial charge in [0.15, 0.2) is 0 Å². The third-order valence-corrected chi connectivity index (χ3v) is 3.98. The number of hydrogen-bond acceptors (Lipinski definition) is 4. The molecule has 0 spiro atoms. The summed E-state index contributed by atoms with van der Waals surface area (Å²) >= 11 is 0. The number of carbonyl (C=O) groups excluding carboxylic acids is 2. The van der Waals surface area contributed by atoms with Crippen molar-refractivity contribution in [3.05, 3.63) is 0 Å². The Balaban J connectivity index is 2.00. The SMILES string of the molecule is CC1CCC(CO)(NC2CC(=O)NC2=O)CC1. The van der Waals surface area contributed by atoms with Crippen LogP contribution in [0.4, 0.5) is 0 Å². The van der Waals surface area contributed by atoms with Gasteiger partial charge < -0.3 is 5.11 Å². The van der Waals surface area contributed by atoms with Gasteiger partial charge in [-0.3, -0.25) is 20.2 Å². The molecule has 1 atom stereocenters. The maximum absolute atomic E-state index is 11.5. The summed E-state index contributed by atoms with van der Waals surface area (Å²) < 4.78 is 0. The second-order valence-electron chi connectivity index (χ2n) is 5.43. The Labute approximate surface area is 101 Å². The van der Waals surface area contributed by atoms with Gasteiger partial charge in [0.2, 0.25) is 11.8 Å². The molecule has 1 unspecified atom stereocenters. The van der Waals surface area contributed by atoms with Crippen LogP contribution in [0.1, 0.15) is 39.0 Å². The Morgan fingerprint density at radius 2 is 2.06 bits per heavy atom. The Morgan fingerprint density at radius 3 is 2.53 bits per heavy atom. The third kappa shape index (κ3) is 2.66. The molecule has 0 aromatic heterocycles. The van der Waals surface area contributed by atoms with Crippen LogP contribution in [0, 0.1) is 5.92 Å². The zero-order valence-corrected chi connectivity index (χ0v) is 10.2. The molecule has 1 saturated heterocycles. The molecule has 0 radical (unpaired) electrons. The fourth-order valence-corrected chi connectivity index (χ4v) is 2.70. The molecule has 1 aliphatic heterocycles. The maximum Gasteiger partial charge on any atom is 0.244 e. The van der Waals surface area contributed by atoms with E-state index >= 15 is 0 Å². The number of aliphatic hydroxyl groups excluding tert-OH is 1. The summed E-state index contributed by atoms with van der Waals surface area (Å²) in [5.41, 5.74) is -0.376. The summed E-state index contributed by atoms with van der Waals surface area (Å²) in [7, 11) is 0. The molecule has 2 amide bonds. The lowest BCUT2D eigenvalue weighted by atomic mass is 9.77. The highest BCUT2D eigenvalue weighted by Gasteiger charge is 2.40. The first-order chi connectivity index (χ1) is 8.04. The molecule has 2 aliphatic rings. The van der Waals surface area contributed by atoms with Gasteiger partial charge in [0, 0.05) is 5.54 Å². The number of amides is 2. The Morgan fingerprint density at radius 1 is 1.41 bits per heavy atom. The summed E-state index contributed by atoms with van der Waals surface area (Å²) in [4.78, 5) is 22.6. The van der Waals surface area contributed by atoms with Crippen LogP contribution in [-0.4, -0.2) is 35.1 Å². The molecule has 5 nitrogen and oxygen atoms in total. The topological polar surface area (TPSA) is 78.4 Å². The normalized spacial score (nSPS) is 38.2. The molecule has 0 aromatic rings. The van der Waals surface area contributed by atoms with Crippen LogP contribution in [0.5, 0.6) is 0 Å². The Hall–Kier alpha value is -0.940. The zero-order chi connectivity index (χ0) is 12.5. The Kier molecular flexibility index (Phi) is 3.49. The highest BCUT2D eigenvalue weighted by molar-refractivity contribution is 6.05. The molecule has 0 aromatic carbocycles. The fourth-order valence-electron chi connectivity index (χ4n) is 2.70. The van der Waals surface area contributed by atoms with Gasteiger partial charge in [-0.2, -0.15) is 0 Å². The summed E-state index contributed by atoms with van der Waals surface area (Å²) in [6.45, 7) is 2.23. The lowest BCUT2D eigenvalue weighted by Gasteiger charge is -2.40. The van der Waals surface area contributed by atoms with Crippen LogP contribution in [0.3, 0.4) is 0 Å². The van der Waals surface area contributed by atoms with Crippen LogP contribution in [0.25, 0.3) is 0 Å². The first-order valence-corrected chi connectivity index (χ1v) is 6.27. The van der Waals surface area contributed by atoms with Gasteiger partial charge in [-0.25, -0.2) is 0 Å². The van der Waals surface area contributed by atoms with Gasteiger partial charge >= 0.3 is 0 Å². The van der Waals surface area contributed by atoms with E-state index in [1.54, 1.807) is 0 Å². The van der Waals surface area contributed by atoms with E-state index in [4.69, 9.17) is 0 Å². The summed E-state index contributed by atoms with van der Waals surface area (Å²) in [6, 6.07) is -0.469. The molecular formula is C12H20N2O3. The second-order valence-corrected chi connectivity index (χ2v) is 5.43. The van der Waals surface area contributed by atoms with E-state index < -0.39 is 6.04 Å². The molecule has 17 heavy (non-hydrogen) atoms. The van der Waals surface area contributed by atoms with E-state index in [1.807, 2.05) is 0 Å². The third-order valence-electron chi connectivity index (χ3n) is 3.98. The summed E-state index contributed by atoms with van der Waals surface area (Å²) in [5.74, 6) is 0.182. The highest BCUT2D eigenvalue weighted by Crippen LogP contribution is 2.32. The molecule has 1 aliphatic carbocycles. The molecule has 1 heterocycles. The van der Waals surface area contributed by atoms with Gasteiger partial charge in [0.05, 0.1) is 19.1 Å². The van der Waals surface area contributed by atoms with E-state index in [9.17, 15) is 14.7 Å². The van der Waals surface area contributed by atoms with Gasteiger partial charge in [-0.05, 0) is 31.6 Å². The van der Waals surface area contributed by atoms with Crippen LogP contribution in [0.15, 0.2) is 0 Å². The van der Waals surface area contributed by atoms with Crippen molar-refractivity contribution >= 4 is 11.8 Å². The van der Waals surface area contributed by atoms with Gasteiger partial charge in [-0.1, -0.05) is 6.92 Å². The number of carbonyl (C=O) groups is 2. The van der Waals surface area contributed by atoms with Crippen molar-refractivity contribution in [2.24, 2.45) is 5.92 Å². The molecule has 0 bridgehead atoms. The summed E-state index contributed by atoms with van der Waals surface area (Å²) in [6.07, 6.45) is 4.02. The van der Waals surface area contributed by atoms with E-state index in [2.05, 4.69) is 17.6 Å². The van der Waals surface area contributed by atoms with Crippen LogP contribution in [-0.2, 0) is 9.59 Å². The minimum atomic E-state index is -0.469. The minimum Gasteiger partial charge on any atom is -0.394 e. The lowest BCUT2D eigenvalue weighted by Crippen LogP contribution is -2.56. The van der Waals surface area contributed by atoms with Crippen molar-refractivity contribution in [2.75, 3.05) is 6.61 Å². The minimum absolute atomic E-state index is 0.0255. The molecule has 96 valence electrons. The monoisotopic (exact) mass is 240 g/mol. The molecular weight excluding hydrogens is 220 g/mol. The lowest BCUT2D eigenvalue weighted by molar-refractivity contribution is -0.125. The van der Waals surface area contributed by atoms with Crippen molar-refractivity contribution in [1.29, 1.82) is 0 Å². The standard InChI is InChI=1S/C12H20N2O3/c1-8-2-4-12(7-15,5-3-8)14-9-6-10(16)13-11(9)17/h8-9,14-15H,2-7H2,1H3,(H,13,16,17). The van der Waals surface area contributed by atoms with E-state index in [-0.39, 0.29) is 30.4 Å². The van der Waals surface area contributed by atoms with Crippen LogP contribution < -0.4 is 10.6 Å². The number of rotatable bonds is 3. The Bertz CT molecular complexity index is 322. The molecule has 2 fully saturated rings. The van der Waals surface area contributed by atoms with Crippen molar-refractivity contribution in [1.82, 2.24) is 10.6 Å². The first-order valence-electron chi connectivity index (χ1n) is 6.27. The van der Waals surface area contributed by atoms with E-state index in [0.29, 0.717) is 5.92 Å². The van der Waals surface area contributed by atoms with E-state index in [1.165, 1.54) is 0 Å². The van der Waals surface area contributed by atoms with Gasteiger partial charge in [0.1, 0.15) is 0 Å². The smallest absolute Gasteiger partial charge is 0.244 e. The number of nitrogens with one attached hydrogen (secondary N) is 2. The largest absolute Gasteiger partial charge is 0.394 e. The van der Waals surface area contributed by atoms with Crippen molar-refractivity contribution in [3.63, 3.8) is 0 Å². The van der Waals surface area contributed by atoms with E-state index in [0.717, 1.165) is 25.7 Å². The zero-order valence-electron chi connectivity index (χ0n) is 10.2. The maximum atomic E-state index is 11.5. The molecule has 2 rings (SSSR count). The van der Waals surface area contributed by atoms with Crippen LogP contribution >= 0.6 is 0 Å². The van der Waals surface area contributed by atoms with Crippen molar-refractivity contribution in [3.8, 4) is 0 Å². The predicted octanol–water partition coefficient (Wildman–Crippen LogP) is -0.0677. The van der Waals surface area contributed by atoms with Crippen molar-refractivity contribution < 1.29 is 14.7 Å². The number of hydrogen-bond donors (Lipinski definition) is 3. The molecule has 3 N–H and O–H groups in total. The highest BCUT2D eigenvalue weighted by atomic mass is 16.3. The van der Waals surface area contributed by atoms with Gasteiger partial charge in [-0.15, -0.1) is 0 Å². The van der Waals surface area contributed by atoms with Gasteiger partial charge in [0.25, 0.3) is 0 Å². The quantitative estimate of drug-likeness (QED) is 0.604. The van der Waals surface area contributed by atoms with Crippen molar-refractivity contribution in [2.45, 2.75) is 50.6 Å². The fraction of sp³-hybridized carbons (Fsp3) is 0.833. The summed E-state index contributed by atoms with van der Waals surface area (Å²) in [5, 5.41) is 15.0. The second kappa shape index (κ2) is 4.74. The first kappa shape index (κ1) is 12.5. The predicted molar refractivity (Wildman–Crippen MR) is 62.1 cm³/mol. The van der Waals surface area contributed by atoms with Crippen LogP contribution in [0.2, 0.25) is 0 Å².